The molecule has 0 bridgehead atoms. The first-order valence-corrected chi connectivity index (χ1v) is 4.38. The summed E-state index contributed by atoms with van der Waals surface area (Å²) in [7, 11) is 0. The Morgan fingerprint density at radius 3 is 2.56 bits per heavy atom. The summed E-state index contributed by atoms with van der Waals surface area (Å²) in [5, 5.41) is 10.4. The largest absolute Gasteiger partial charge is 0.323 e. The molecule has 1 atom stereocenters. The highest BCUT2D eigenvalue weighted by Gasteiger charge is 2.19. The molecule has 1 unspecified atom stereocenters. The topological polar surface area (TPSA) is 69.2 Å². The van der Waals surface area contributed by atoms with Crippen LogP contribution in [0.1, 0.15) is 5.56 Å². The maximum Gasteiger partial charge on any atom is 0.305 e. The minimum atomic E-state index is -2.72. The maximum atomic E-state index is 12.9. The summed E-state index contributed by atoms with van der Waals surface area (Å²) in [5.41, 5.74) is 4.57. The molecule has 0 radical (unpaired) electrons. The van der Waals surface area contributed by atoms with Crippen molar-refractivity contribution in [1.82, 2.24) is 0 Å². The van der Waals surface area contributed by atoms with Gasteiger partial charge in [-0.15, -0.1) is 0 Å². The van der Waals surface area contributed by atoms with E-state index in [1.165, 1.54) is 6.07 Å². The summed E-state index contributed by atoms with van der Waals surface area (Å²) in [4.78, 5) is 9.47. The van der Waals surface area contributed by atoms with Crippen LogP contribution in [0.2, 0.25) is 0 Å². The van der Waals surface area contributed by atoms with Crippen LogP contribution in [0, 0.1) is 15.9 Å². The van der Waals surface area contributed by atoms with E-state index in [-0.39, 0.29) is 12.0 Å². The zero-order chi connectivity index (χ0) is 12.3. The zero-order valence-corrected chi connectivity index (χ0v) is 8.07. The van der Waals surface area contributed by atoms with Gasteiger partial charge in [-0.2, -0.15) is 4.39 Å². The number of rotatable bonds is 4. The lowest BCUT2D eigenvalue weighted by Crippen LogP contribution is -2.30. The highest BCUT2D eigenvalue weighted by atomic mass is 19.3. The van der Waals surface area contributed by atoms with E-state index in [2.05, 4.69) is 0 Å². The van der Waals surface area contributed by atoms with Gasteiger partial charge in [0.1, 0.15) is 0 Å². The summed E-state index contributed by atoms with van der Waals surface area (Å²) in [6, 6.07) is 1.57. The highest BCUT2D eigenvalue weighted by Crippen LogP contribution is 2.19. The van der Waals surface area contributed by atoms with E-state index < -0.39 is 28.9 Å². The van der Waals surface area contributed by atoms with Gasteiger partial charge in [0.15, 0.2) is 0 Å². The summed E-state index contributed by atoms with van der Waals surface area (Å²) >= 11 is 0. The number of benzene rings is 1. The number of hydrogen-bond acceptors (Lipinski definition) is 3. The molecular weight excluding hydrogens is 225 g/mol. The molecule has 0 heterocycles. The molecule has 1 aromatic carbocycles. The third-order valence-electron chi connectivity index (χ3n) is 2.00. The molecule has 2 N–H and O–H groups in total. The Labute approximate surface area is 89.0 Å². The third-order valence-corrected chi connectivity index (χ3v) is 2.00. The molecule has 0 saturated carbocycles. The fraction of sp³-hybridized carbons (Fsp3) is 0.333. The van der Waals surface area contributed by atoms with Crippen LogP contribution >= 0.6 is 0 Å². The quantitative estimate of drug-likeness (QED) is 0.638. The van der Waals surface area contributed by atoms with Crippen LogP contribution in [0.25, 0.3) is 0 Å². The number of nitrogens with two attached hydrogens (primary N) is 1. The van der Waals surface area contributed by atoms with Gasteiger partial charge in [0, 0.05) is 6.07 Å². The van der Waals surface area contributed by atoms with Gasteiger partial charge in [-0.3, -0.25) is 10.1 Å². The molecule has 16 heavy (non-hydrogen) atoms. The molecule has 0 aliphatic carbocycles. The van der Waals surface area contributed by atoms with Gasteiger partial charge < -0.3 is 5.73 Å². The monoisotopic (exact) mass is 234 g/mol. The molecule has 88 valence electrons. The smallest absolute Gasteiger partial charge is 0.305 e. The standard InChI is InChI=1S/C9H9F3N2O2/c10-6-2-1-5(3-7(13)9(11)12)4-8(6)14(15)16/h1-2,4,7,9H,3,13H2. The van der Waals surface area contributed by atoms with E-state index in [1.54, 1.807) is 0 Å². The second kappa shape index (κ2) is 4.93. The van der Waals surface area contributed by atoms with Crippen molar-refractivity contribution < 1.29 is 18.1 Å². The van der Waals surface area contributed by atoms with Crippen LogP contribution in [0.4, 0.5) is 18.9 Å². The van der Waals surface area contributed by atoms with Gasteiger partial charge in [0.05, 0.1) is 11.0 Å². The van der Waals surface area contributed by atoms with Crippen molar-refractivity contribution in [1.29, 1.82) is 0 Å². The van der Waals surface area contributed by atoms with Crippen molar-refractivity contribution in [3.05, 3.63) is 39.7 Å². The van der Waals surface area contributed by atoms with Crippen LogP contribution in [-0.2, 0) is 6.42 Å². The fourth-order valence-corrected chi connectivity index (χ4v) is 1.19. The molecule has 1 rings (SSSR count). The molecule has 0 saturated heterocycles. The van der Waals surface area contributed by atoms with Gasteiger partial charge in [-0.05, 0) is 18.1 Å². The molecule has 1 aromatic rings. The number of nitro groups is 1. The van der Waals surface area contributed by atoms with Crippen molar-refractivity contribution in [2.24, 2.45) is 5.73 Å². The lowest BCUT2D eigenvalue weighted by atomic mass is 10.1. The molecule has 0 amide bonds. The minimum Gasteiger partial charge on any atom is -0.323 e. The minimum absolute atomic E-state index is 0.209. The van der Waals surface area contributed by atoms with E-state index in [0.29, 0.717) is 0 Å². The molecule has 7 heteroatoms. The average Bonchev–Trinajstić information content (AvgIpc) is 2.20. The normalized spacial score (nSPS) is 12.8. The van der Waals surface area contributed by atoms with Crippen LogP contribution in [0.3, 0.4) is 0 Å². The van der Waals surface area contributed by atoms with E-state index >= 15 is 0 Å². The number of nitro benzene ring substituents is 1. The Morgan fingerprint density at radius 2 is 2.06 bits per heavy atom. The Hall–Kier alpha value is -1.63. The summed E-state index contributed by atoms with van der Waals surface area (Å²) in [6.07, 6.45) is -2.96. The lowest BCUT2D eigenvalue weighted by Gasteiger charge is -2.09. The van der Waals surface area contributed by atoms with Crippen molar-refractivity contribution >= 4 is 5.69 Å². The number of hydrogen-bond donors (Lipinski definition) is 1. The molecule has 0 aliphatic rings. The summed E-state index contributed by atoms with van der Waals surface area (Å²) < 4.78 is 37.1. The molecule has 0 aromatic heterocycles. The van der Waals surface area contributed by atoms with Crippen LogP contribution in [-0.4, -0.2) is 17.4 Å². The van der Waals surface area contributed by atoms with Crippen molar-refractivity contribution in [3.8, 4) is 0 Å². The highest BCUT2D eigenvalue weighted by molar-refractivity contribution is 5.36. The van der Waals surface area contributed by atoms with Gasteiger partial charge in [-0.25, -0.2) is 8.78 Å². The number of nitrogens with zero attached hydrogens (tertiary/aromatic N) is 1. The van der Waals surface area contributed by atoms with E-state index in [4.69, 9.17) is 5.73 Å². The Bertz CT molecular complexity index is 398. The van der Waals surface area contributed by atoms with E-state index in [0.717, 1.165) is 12.1 Å². The summed E-state index contributed by atoms with van der Waals surface area (Å²) in [6.45, 7) is 0. The molecule has 0 spiro atoms. The SMILES string of the molecule is NC(Cc1ccc(F)c([N+](=O)[O-])c1)C(F)F. The fourth-order valence-electron chi connectivity index (χ4n) is 1.19. The Kier molecular flexibility index (Phi) is 3.83. The Morgan fingerprint density at radius 1 is 1.44 bits per heavy atom. The van der Waals surface area contributed by atoms with Crippen LogP contribution in [0.15, 0.2) is 18.2 Å². The second-order valence-corrected chi connectivity index (χ2v) is 3.25. The van der Waals surface area contributed by atoms with E-state index in [9.17, 15) is 23.3 Å². The summed E-state index contributed by atoms with van der Waals surface area (Å²) in [5.74, 6) is -1.00. The van der Waals surface area contributed by atoms with Crippen molar-refractivity contribution in [3.63, 3.8) is 0 Å². The Balaban J connectivity index is 2.91. The van der Waals surface area contributed by atoms with Crippen LogP contribution in [0.5, 0.6) is 0 Å². The first-order valence-electron chi connectivity index (χ1n) is 4.38. The van der Waals surface area contributed by atoms with Gasteiger partial charge in [0.25, 0.3) is 6.43 Å². The lowest BCUT2D eigenvalue weighted by molar-refractivity contribution is -0.387. The van der Waals surface area contributed by atoms with Gasteiger partial charge >= 0.3 is 5.69 Å². The average molecular weight is 234 g/mol. The molecular formula is C9H9F3N2O2. The second-order valence-electron chi connectivity index (χ2n) is 3.25. The van der Waals surface area contributed by atoms with Crippen molar-refractivity contribution in [2.45, 2.75) is 18.9 Å². The zero-order valence-electron chi connectivity index (χ0n) is 8.07. The third kappa shape index (κ3) is 2.93. The number of alkyl halides is 2. The van der Waals surface area contributed by atoms with Gasteiger partial charge in [-0.1, -0.05) is 6.07 Å². The first kappa shape index (κ1) is 12.4. The first-order chi connectivity index (χ1) is 7.41. The molecule has 4 nitrogen and oxygen atoms in total. The maximum absolute atomic E-state index is 12.9. The van der Waals surface area contributed by atoms with E-state index in [1.807, 2.05) is 0 Å². The van der Waals surface area contributed by atoms with Gasteiger partial charge in [0.2, 0.25) is 5.82 Å². The van der Waals surface area contributed by atoms with Crippen molar-refractivity contribution in [2.75, 3.05) is 0 Å². The van der Waals surface area contributed by atoms with Crippen LogP contribution < -0.4 is 5.73 Å². The predicted molar refractivity (Wildman–Crippen MR) is 50.7 cm³/mol. The molecule has 0 fully saturated rings. The molecule has 0 aliphatic heterocycles. The number of halogens is 3. The predicted octanol–water partition coefficient (Wildman–Crippen LogP) is 1.87.